The Kier molecular flexibility index (Phi) is 7.31. The third-order valence-electron chi connectivity index (χ3n) is 2.48. The summed E-state index contributed by atoms with van der Waals surface area (Å²) in [5.41, 5.74) is 5.06. The van der Waals surface area contributed by atoms with Gasteiger partial charge in [0.1, 0.15) is 5.54 Å². The maximum atomic E-state index is 8.75. The molecule has 88 valence electrons. The van der Waals surface area contributed by atoms with Crippen molar-refractivity contribution in [1.29, 1.82) is 5.26 Å². The van der Waals surface area contributed by atoms with Crippen molar-refractivity contribution in [3.05, 3.63) is 0 Å². The largest absolute Gasteiger partial charge is 0.383 e. The van der Waals surface area contributed by atoms with E-state index in [1.54, 1.807) is 14.0 Å². The molecular formula is C11H23N3O. The van der Waals surface area contributed by atoms with Gasteiger partial charge in [-0.3, -0.25) is 0 Å². The molecule has 0 aromatic carbocycles. The highest BCUT2D eigenvalue weighted by molar-refractivity contribution is 5.00. The summed E-state index contributed by atoms with van der Waals surface area (Å²) in [6.07, 6.45) is 1.70. The maximum absolute atomic E-state index is 8.75. The van der Waals surface area contributed by atoms with Crippen molar-refractivity contribution in [1.82, 2.24) is 4.90 Å². The SMILES string of the molecule is CCN(CCCC(C)(N)C#N)CCOC. The number of ether oxygens (including phenoxy) is 1. The van der Waals surface area contributed by atoms with Crippen LogP contribution in [0.5, 0.6) is 0 Å². The average Bonchev–Trinajstić information content (AvgIpc) is 2.23. The van der Waals surface area contributed by atoms with Gasteiger partial charge in [-0.05, 0) is 32.9 Å². The quantitative estimate of drug-likeness (QED) is 0.653. The first-order valence-electron chi connectivity index (χ1n) is 5.47. The molecule has 0 amide bonds. The molecule has 0 aliphatic rings. The van der Waals surface area contributed by atoms with Crippen LogP contribution in [0.2, 0.25) is 0 Å². The second-order valence-corrected chi connectivity index (χ2v) is 4.06. The molecule has 0 heterocycles. The van der Waals surface area contributed by atoms with Crippen LogP contribution in [0.3, 0.4) is 0 Å². The fraction of sp³-hybridized carbons (Fsp3) is 0.909. The van der Waals surface area contributed by atoms with E-state index in [4.69, 9.17) is 15.7 Å². The number of nitriles is 1. The number of nitrogens with two attached hydrogens (primary N) is 1. The summed E-state index contributed by atoms with van der Waals surface area (Å²) in [6, 6.07) is 2.11. The van der Waals surface area contributed by atoms with Crippen LogP contribution in [0.1, 0.15) is 26.7 Å². The van der Waals surface area contributed by atoms with Gasteiger partial charge in [-0.1, -0.05) is 6.92 Å². The molecule has 0 saturated carbocycles. The zero-order chi connectivity index (χ0) is 11.7. The van der Waals surface area contributed by atoms with Crippen molar-refractivity contribution < 1.29 is 4.74 Å². The van der Waals surface area contributed by atoms with Crippen LogP contribution in [0, 0.1) is 11.3 Å². The van der Waals surface area contributed by atoms with E-state index in [0.29, 0.717) is 0 Å². The van der Waals surface area contributed by atoms with Gasteiger partial charge in [0.2, 0.25) is 0 Å². The molecule has 0 spiro atoms. The lowest BCUT2D eigenvalue weighted by molar-refractivity contribution is 0.149. The molecule has 0 bridgehead atoms. The third kappa shape index (κ3) is 7.32. The number of nitrogens with zero attached hydrogens (tertiary/aromatic N) is 2. The Bertz CT molecular complexity index is 198. The van der Waals surface area contributed by atoms with E-state index in [0.717, 1.165) is 39.1 Å². The maximum Gasteiger partial charge on any atom is 0.101 e. The first kappa shape index (κ1) is 14.4. The predicted octanol–water partition coefficient (Wildman–Crippen LogP) is 0.976. The van der Waals surface area contributed by atoms with Crippen molar-refractivity contribution in [2.75, 3.05) is 33.4 Å². The number of rotatable bonds is 8. The fourth-order valence-corrected chi connectivity index (χ4v) is 1.37. The molecule has 15 heavy (non-hydrogen) atoms. The lowest BCUT2D eigenvalue weighted by atomic mass is 9.99. The van der Waals surface area contributed by atoms with Gasteiger partial charge in [0, 0.05) is 13.7 Å². The summed E-state index contributed by atoms with van der Waals surface area (Å²) in [5.74, 6) is 0. The van der Waals surface area contributed by atoms with Gasteiger partial charge < -0.3 is 15.4 Å². The highest BCUT2D eigenvalue weighted by Gasteiger charge is 2.16. The van der Waals surface area contributed by atoms with Gasteiger partial charge in [0.15, 0.2) is 0 Å². The van der Waals surface area contributed by atoms with Crippen molar-refractivity contribution >= 4 is 0 Å². The van der Waals surface area contributed by atoms with E-state index < -0.39 is 5.54 Å². The van der Waals surface area contributed by atoms with E-state index in [2.05, 4.69) is 17.9 Å². The summed E-state index contributed by atoms with van der Waals surface area (Å²) in [4.78, 5) is 2.30. The van der Waals surface area contributed by atoms with Gasteiger partial charge >= 0.3 is 0 Å². The summed E-state index contributed by atoms with van der Waals surface area (Å²) in [5, 5.41) is 8.75. The number of hydrogen-bond acceptors (Lipinski definition) is 4. The van der Waals surface area contributed by atoms with Crippen molar-refractivity contribution in [3.8, 4) is 6.07 Å². The van der Waals surface area contributed by atoms with Crippen LogP contribution in [0.4, 0.5) is 0 Å². The molecule has 0 aromatic rings. The fourth-order valence-electron chi connectivity index (χ4n) is 1.37. The van der Waals surface area contributed by atoms with Gasteiger partial charge in [-0.25, -0.2) is 0 Å². The topological polar surface area (TPSA) is 62.3 Å². The smallest absolute Gasteiger partial charge is 0.101 e. The summed E-state index contributed by atoms with van der Waals surface area (Å²) in [6.45, 7) is 7.60. The first-order valence-corrected chi connectivity index (χ1v) is 5.47. The standard InChI is InChI=1S/C11H23N3O/c1-4-14(8-9-15-3)7-5-6-11(2,13)10-12/h4-9,13H2,1-3H3. The lowest BCUT2D eigenvalue weighted by Crippen LogP contribution is -2.36. The van der Waals surface area contributed by atoms with Crippen LogP contribution in [0.15, 0.2) is 0 Å². The molecule has 0 rings (SSSR count). The Balaban J connectivity index is 3.68. The predicted molar refractivity (Wildman–Crippen MR) is 61.4 cm³/mol. The summed E-state index contributed by atoms with van der Waals surface area (Å²) < 4.78 is 5.02. The molecule has 4 nitrogen and oxygen atoms in total. The summed E-state index contributed by atoms with van der Waals surface area (Å²) in [7, 11) is 1.71. The lowest BCUT2D eigenvalue weighted by Gasteiger charge is -2.22. The molecule has 0 saturated heterocycles. The zero-order valence-corrected chi connectivity index (χ0v) is 10.1. The second kappa shape index (κ2) is 7.63. The molecule has 1 atom stereocenters. The first-order chi connectivity index (χ1) is 7.05. The monoisotopic (exact) mass is 213 g/mol. The Morgan fingerprint density at radius 2 is 2.13 bits per heavy atom. The van der Waals surface area contributed by atoms with Gasteiger partial charge in [-0.15, -0.1) is 0 Å². The minimum Gasteiger partial charge on any atom is -0.383 e. The normalized spacial score (nSPS) is 14.9. The van der Waals surface area contributed by atoms with Gasteiger partial charge in [0.05, 0.1) is 12.7 Å². The Hall–Kier alpha value is -0.630. The molecule has 0 aliphatic heterocycles. The van der Waals surface area contributed by atoms with Crippen LogP contribution >= 0.6 is 0 Å². The molecule has 0 aromatic heterocycles. The minimum absolute atomic E-state index is 0.680. The second-order valence-electron chi connectivity index (χ2n) is 4.06. The third-order valence-corrected chi connectivity index (χ3v) is 2.48. The van der Waals surface area contributed by atoms with Crippen molar-refractivity contribution in [2.45, 2.75) is 32.2 Å². The molecule has 0 fully saturated rings. The molecular weight excluding hydrogens is 190 g/mol. The van der Waals surface area contributed by atoms with Crippen LogP contribution < -0.4 is 5.73 Å². The summed E-state index contributed by atoms with van der Waals surface area (Å²) >= 11 is 0. The van der Waals surface area contributed by atoms with Crippen LogP contribution in [-0.2, 0) is 4.74 Å². The van der Waals surface area contributed by atoms with Crippen molar-refractivity contribution in [2.24, 2.45) is 5.73 Å². The van der Waals surface area contributed by atoms with E-state index in [-0.39, 0.29) is 0 Å². The highest BCUT2D eigenvalue weighted by Crippen LogP contribution is 2.07. The Morgan fingerprint density at radius 1 is 1.47 bits per heavy atom. The molecule has 0 radical (unpaired) electrons. The van der Waals surface area contributed by atoms with Crippen LogP contribution in [0.25, 0.3) is 0 Å². The highest BCUT2D eigenvalue weighted by atomic mass is 16.5. The number of hydrogen-bond donors (Lipinski definition) is 1. The Morgan fingerprint density at radius 3 is 2.60 bits per heavy atom. The van der Waals surface area contributed by atoms with Crippen LogP contribution in [-0.4, -0.2) is 43.8 Å². The molecule has 0 aliphatic carbocycles. The average molecular weight is 213 g/mol. The van der Waals surface area contributed by atoms with Gasteiger partial charge in [0.25, 0.3) is 0 Å². The molecule has 4 heteroatoms. The Labute approximate surface area is 93.0 Å². The van der Waals surface area contributed by atoms with E-state index in [1.165, 1.54) is 0 Å². The van der Waals surface area contributed by atoms with E-state index in [9.17, 15) is 0 Å². The zero-order valence-electron chi connectivity index (χ0n) is 10.1. The molecule has 1 unspecified atom stereocenters. The number of likely N-dealkylation sites (N-methyl/N-ethyl adjacent to an activating group) is 1. The van der Waals surface area contributed by atoms with E-state index >= 15 is 0 Å². The minimum atomic E-state index is -0.680. The number of methoxy groups -OCH3 is 1. The van der Waals surface area contributed by atoms with Gasteiger partial charge in [-0.2, -0.15) is 5.26 Å². The van der Waals surface area contributed by atoms with Crippen molar-refractivity contribution in [3.63, 3.8) is 0 Å². The molecule has 2 N–H and O–H groups in total. The van der Waals surface area contributed by atoms with E-state index in [1.807, 2.05) is 0 Å².